The molecule has 1 rings (SSSR count). The van der Waals surface area contributed by atoms with Crippen LogP contribution < -0.4 is 0 Å². The minimum absolute atomic E-state index is 0.00485. The lowest BCUT2D eigenvalue weighted by molar-refractivity contribution is 0.126. The minimum atomic E-state index is -0.605. The summed E-state index contributed by atoms with van der Waals surface area (Å²) < 4.78 is 1.76. The van der Waals surface area contributed by atoms with Gasteiger partial charge in [0.2, 0.25) is 0 Å². The number of hydrogen-bond acceptors (Lipinski definition) is 3. The minimum Gasteiger partial charge on any atom is -0.396 e. The Bertz CT molecular complexity index is 271. The molecule has 0 saturated heterocycles. The van der Waals surface area contributed by atoms with Gasteiger partial charge in [0, 0.05) is 19.6 Å². The molecule has 0 aliphatic carbocycles. The fraction of sp³-hybridized carbons (Fsp3) is 0.667. The predicted molar refractivity (Wildman–Crippen MR) is 49.3 cm³/mol. The van der Waals surface area contributed by atoms with Crippen molar-refractivity contribution in [3.8, 4) is 0 Å². The van der Waals surface area contributed by atoms with E-state index < -0.39 is 6.10 Å². The average Bonchev–Trinajstić information content (AvgIpc) is 2.47. The summed E-state index contributed by atoms with van der Waals surface area (Å²) in [6.07, 6.45) is -0.239. The first-order chi connectivity index (χ1) is 6.19. The highest BCUT2D eigenvalue weighted by Crippen LogP contribution is 2.17. The molecule has 0 spiro atoms. The second kappa shape index (κ2) is 4.39. The van der Waals surface area contributed by atoms with Gasteiger partial charge in [0.15, 0.2) is 0 Å². The van der Waals surface area contributed by atoms with Gasteiger partial charge in [-0.1, -0.05) is 0 Å². The quantitative estimate of drug-likeness (QED) is 0.721. The van der Waals surface area contributed by atoms with E-state index in [1.165, 1.54) is 0 Å². The topological polar surface area (TPSA) is 58.3 Å². The number of aliphatic hydroxyl groups is 2. The van der Waals surface area contributed by atoms with Gasteiger partial charge in [-0.25, -0.2) is 0 Å². The van der Waals surface area contributed by atoms with Crippen LogP contribution in [-0.2, 0) is 6.54 Å². The third kappa shape index (κ3) is 2.29. The summed E-state index contributed by atoms with van der Waals surface area (Å²) in [7, 11) is 0. The molecule has 0 aromatic carbocycles. The van der Waals surface area contributed by atoms with Gasteiger partial charge in [0.25, 0.3) is 0 Å². The highest BCUT2D eigenvalue weighted by Gasteiger charge is 2.12. The van der Waals surface area contributed by atoms with Gasteiger partial charge >= 0.3 is 0 Å². The molecule has 1 atom stereocenters. The van der Waals surface area contributed by atoms with Gasteiger partial charge in [-0.15, -0.1) is 0 Å². The largest absolute Gasteiger partial charge is 0.396 e. The second-order valence-electron chi connectivity index (χ2n) is 3.05. The highest BCUT2D eigenvalue weighted by atomic mass is 16.3. The Hall–Kier alpha value is -0.870. The van der Waals surface area contributed by atoms with Gasteiger partial charge < -0.3 is 10.2 Å². The van der Waals surface area contributed by atoms with Gasteiger partial charge in [0.1, 0.15) is 0 Å². The molecule has 74 valence electrons. The molecule has 13 heavy (non-hydrogen) atoms. The summed E-state index contributed by atoms with van der Waals surface area (Å²) in [6.45, 7) is 4.60. The van der Waals surface area contributed by atoms with E-state index in [1.54, 1.807) is 4.68 Å². The lowest BCUT2D eigenvalue weighted by atomic mass is 10.2. The molecule has 0 bridgehead atoms. The van der Waals surface area contributed by atoms with Crippen LogP contribution in [0.5, 0.6) is 0 Å². The van der Waals surface area contributed by atoms with Crippen LogP contribution in [0.25, 0.3) is 0 Å². The maximum absolute atomic E-state index is 9.62. The maximum Gasteiger partial charge on any atom is 0.0978 e. The molecule has 0 saturated carbocycles. The third-order valence-corrected chi connectivity index (χ3v) is 1.98. The second-order valence-corrected chi connectivity index (χ2v) is 3.05. The number of aliphatic hydroxyl groups excluding tert-OH is 2. The van der Waals surface area contributed by atoms with Gasteiger partial charge in [-0.05, 0) is 19.9 Å². The smallest absolute Gasteiger partial charge is 0.0978 e. The molecule has 0 unspecified atom stereocenters. The molecule has 4 nitrogen and oxygen atoms in total. The van der Waals surface area contributed by atoms with E-state index in [-0.39, 0.29) is 6.61 Å². The van der Waals surface area contributed by atoms with Crippen molar-refractivity contribution in [2.45, 2.75) is 32.9 Å². The number of nitrogens with zero attached hydrogens (tertiary/aromatic N) is 2. The van der Waals surface area contributed by atoms with Crippen LogP contribution in [0.2, 0.25) is 0 Å². The Morgan fingerprint density at radius 1 is 1.62 bits per heavy atom. The van der Waals surface area contributed by atoms with Crippen molar-refractivity contribution in [3.63, 3.8) is 0 Å². The zero-order valence-corrected chi connectivity index (χ0v) is 8.06. The first-order valence-electron chi connectivity index (χ1n) is 4.52. The van der Waals surface area contributed by atoms with Crippen LogP contribution in [0.1, 0.15) is 30.8 Å². The van der Waals surface area contributed by atoms with E-state index in [1.807, 2.05) is 19.9 Å². The molecule has 0 fully saturated rings. The van der Waals surface area contributed by atoms with Gasteiger partial charge in [-0.3, -0.25) is 4.68 Å². The lowest BCUT2D eigenvalue weighted by Crippen LogP contribution is -2.09. The SMILES string of the molecule is CCn1nc(C)cc1[C@@H](O)CCO. The average molecular weight is 184 g/mol. The van der Waals surface area contributed by atoms with Gasteiger partial charge in [-0.2, -0.15) is 5.10 Å². The zero-order chi connectivity index (χ0) is 9.84. The van der Waals surface area contributed by atoms with Crippen molar-refractivity contribution in [2.24, 2.45) is 0 Å². The Kier molecular flexibility index (Phi) is 3.45. The molecule has 0 aliphatic heterocycles. The van der Waals surface area contributed by atoms with Crippen molar-refractivity contribution >= 4 is 0 Å². The van der Waals surface area contributed by atoms with Crippen LogP contribution in [0.15, 0.2) is 6.07 Å². The summed E-state index contributed by atoms with van der Waals surface area (Å²) in [4.78, 5) is 0. The van der Waals surface area contributed by atoms with Crippen LogP contribution in [0, 0.1) is 6.92 Å². The summed E-state index contributed by atoms with van der Waals surface area (Å²) >= 11 is 0. The summed E-state index contributed by atoms with van der Waals surface area (Å²) in [5.74, 6) is 0. The fourth-order valence-corrected chi connectivity index (χ4v) is 1.36. The van der Waals surface area contributed by atoms with E-state index >= 15 is 0 Å². The van der Waals surface area contributed by atoms with Crippen LogP contribution in [0.3, 0.4) is 0 Å². The van der Waals surface area contributed by atoms with E-state index in [2.05, 4.69) is 5.10 Å². The van der Waals surface area contributed by atoms with Crippen molar-refractivity contribution in [1.82, 2.24) is 9.78 Å². The number of hydrogen-bond donors (Lipinski definition) is 2. The number of aryl methyl sites for hydroxylation is 2. The molecular weight excluding hydrogens is 168 g/mol. The molecule has 0 radical (unpaired) electrons. The van der Waals surface area contributed by atoms with Crippen molar-refractivity contribution in [1.29, 1.82) is 0 Å². The van der Waals surface area contributed by atoms with Crippen LogP contribution >= 0.6 is 0 Å². The van der Waals surface area contributed by atoms with Crippen LogP contribution in [0.4, 0.5) is 0 Å². The van der Waals surface area contributed by atoms with E-state index in [0.717, 1.165) is 17.9 Å². The number of aromatic nitrogens is 2. The molecule has 1 aromatic rings. The van der Waals surface area contributed by atoms with Crippen molar-refractivity contribution in [3.05, 3.63) is 17.5 Å². The van der Waals surface area contributed by atoms with E-state index in [4.69, 9.17) is 5.11 Å². The fourth-order valence-electron chi connectivity index (χ4n) is 1.36. The lowest BCUT2D eigenvalue weighted by Gasteiger charge is -2.10. The first kappa shape index (κ1) is 10.2. The third-order valence-electron chi connectivity index (χ3n) is 1.98. The Morgan fingerprint density at radius 3 is 2.85 bits per heavy atom. The normalized spacial score (nSPS) is 13.2. The van der Waals surface area contributed by atoms with Gasteiger partial charge in [0.05, 0.1) is 17.5 Å². The Balaban J connectivity index is 2.84. The summed E-state index contributed by atoms with van der Waals surface area (Å²) in [5, 5.41) is 22.5. The molecular formula is C9H16N2O2. The van der Waals surface area contributed by atoms with E-state index in [9.17, 15) is 5.11 Å². The molecule has 1 aromatic heterocycles. The molecule has 2 N–H and O–H groups in total. The van der Waals surface area contributed by atoms with Crippen molar-refractivity contribution in [2.75, 3.05) is 6.61 Å². The Morgan fingerprint density at radius 2 is 2.31 bits per heavy atom. The van der Waals surface area contributed by atoms with Crippen molar-refractivity contribution < 1.29 is 10.2 Å². The molecule has 0 amide bonds. The highest BCUT2D eigenvalue weighted by molar-refractivity contribution is 5.11. The molecule has 1 heterocycles. The molecule has 4 heteroatoms. The molecule has 0 aliphatic rings. The first-order valence-corrected chi connectivity index (χ1v) is 4.52. The van der Waals surface area contributed by atoms with E-state index in [0.29, 0.717) is 6.42 Å². The van der Waals surface area contributed by atoms with Crippen LogP contribution in [-0.4, -0.2) is 26.6 Å². The standard InChI is InChI=1S/C9H16N2O2/c1-3-11-8(6-7(2)10-11)9(13)4-5-12/h6,9,12-13H,3-5H2,1-2H3/t9-/m0/s1. The summed E-state index contributed by atoms with van der Waals surface area (Å²) in [6, 6.07) is 1.85. The monoisotopic (exact) mass is 184 g/mol. The zero-order valence-electron chi connectivity index (χ0n) is 8.06. The predicted octanol–water partition coefficient (Wildman–Crippen LogP) is 0.627. The summed E-state index contributed by atoms with van der Waals surface area (Å²) in [5.41, 5.74) is 1.68. The Labute approximate surface area is 77.8 Å². The maximum atomic E-state index is 9.62. The number of rotatable bonds is 4.